The van der Waals surface area contributed by atoms with Gasteiger partial charge in [0.05, 0.1) is 29.5 Å². The van der Waals surface area contributed by atoms with Crippen LogP contribution < -0.4 is 5.32 Å². The summed E-state index contributed by atoms with van der Waals surface area (Å²) in [7, 11) is -3.17. The number of carbonyl (C=O) groups is 1. The second-order valence-corrected chi connectivity index (χ2v) is 8.46. The van der Waals surface area contributed by atoms with E-state index < -0.39 is 27.8 Å². The van der Waals surface area contributed by atoms with Crippen molar-refractivity contribution in [1.29, 1.82) is 5.26 Å². The van der Waals surface area contributed by atoms with E-state index in [1.54, 1.807) is 19.9 Å². The Balaban J connectivity index is 1.82. The van der Waals surface area contributed by atoms with E-state index in [1.807, 2.05) is 0 Å². The maximum absolute atomic E-state index is 12.5. The lowest BCUT2D eigenvalue weighted by Gasteiger charge is -2.19. The minimum Gasteiger partial charge on any atom is -0.386 e. The van der Waals surface area contributed by atoms with Crippen LogP contribution in [0.4, 0.5) is 5.95 Å². The number of rotatable bonds is 4. The van der Waals surface area contributed by atoms with Gasteiger partial charge in [0.25, 0.3) is 0 Å². The number of sulfone groups is 1. The van der Waals surface area contributed by atoms with Crippen molar-refractivity contribution in [3.05, 3.63) is 34.5 Å². The fourth-order valence-electron chi connectivity index (χ4n) is 2.88. The van der Waals surface area contributed by atoms with Gasteiger partial charge in [-0.3, -0.25) is 10.1 Å². The molecule has 0 aliphatic carbocycles. The molecular formula is C16H17N5O5S. The molecule has 0 aromatic carbocycles. The first-order valence-electron chi connectivity index (χ1n) is 8.08. The van der Waals surface area contributed by atoms with Crippen LogP contribution >= 0.6 is 0 Å². The first-order valence-corrected chi connectivity index (χ1v) is 9.90. The summed E-state index contributed by atoms with van der Waals surface area (Å²) in [6.07, 6.45) is 0.0520. The highest BCUT2D eigenvalue weighted by atomic mass is 32.2. The molecule has 3 heterocycles. The number of fused-ring (bicyclic) bond motifs is 1. The van der Waals surface area contributed by atoms with Crippen molar-refractivity contribution in [2.45, 2.75) is 32.1 Å². The zero-order valence-corrected chi connectivity index (χ0v) is 15.4. The molecule has 0 fully saturated rings. The number of anilines is 1. The van der Waals surface area contributed by atoms with E-state index in [4.69, 9.17) is 4.52 Å². The molecule has 2 N–H and O–H groups in total. The third kappa shape index (κ3) is 3.81. The maximum Gasteiger partial charge on any atom is 0.247 e. The average molecular weight is 391 g/mol. The first-order chi connectivity index (χ1) is 12.7. The largest absolute Gasteiger partial charge is 0.386 e. The van der Waals surface area contributed by atoms with E-state index in [2.05, 4.69) is 20.4 Å². The van der Waals surface area contributed by atoms with Gasteiger partial charge in [-0.15, -0.1) is 0 Å². The Morgan fingerprint density at radius 3 is 2.78 bits per heavy atom. The number of aromatic nitrogens is 3. The molecule has 0 saturated heterocycles. The van der Waals surface area contributed by atoms with Crippen LogP contribution in [0.15, 0.2) is 10.7 Å². The van der Waals surface area contributed by atoms with Crippen LogP contribution in [0.1, 0.15) is 34.4 Å². The summed E-state index contributed by atoms with van der Waals surface area (Å²) in [5, 5.41) is 25.6. The highest BCUT2D eigenvalue weighted by Gasteiger charge is 2.32. The molecule has 1 aliphatic rings. The van der Waals surface area contributed by atoms with Gasteiger partial charge in [-0.25, -0.2) is 18.4 Å². The monoisotopic (exact) mass is 391 g/mol. The van der Waals surface area contributed by atoms with Crippen LogP contribution in [0.3, 0.4) is 0 Å². The summed E-state index contributed by atoms with van der Waals surface area (Å²) >= 11 is 0. The van der Waals surface area contributed by atoms with Crippen molar-refractivity contribution in [3.8, 4) is 6.07 Å². The van der Waals surface area contributed by atoms with Crippen LogP contribution in [-0.2, 0) is 26.8 Å². The van der Waals surface area contributed by atoms with E-state index in [0.29, 0.717) is 22.7 Å². The summed E-state index contributed by atoms with van der Waals surface area (Å²) in [6, 6.07) is 1.76. The van der Waals surface area contributed by atoms with Gasteiger partial charge in [0.15, 0.2) is 15.8 Å². The Hall–Kier alpha value is -2.84. The quantitative estimate of drug-likeness (QED) is 0.750. The van der Waals surface area contributed by atoms with Crippen molar-refractivity contribution in [2.24, 2.45) is 5.92 Å². The lowest BCUT2D eigenvalue weighted by Crippen LogP contribution is -2.29. The van der Waals surface area contributed by atoms with E-state index >= 15 is 0 Å². The van der Waals surface area contributed by atoms with E-state index in [1.165, 1.54) is 6.20 Å². The third-order valence-corrected chi connectivity index (χ3v) is 5.95. The van der Waals surface area contributed by atoms with Gasteiger partial charge in [0, 0.05) is 23.2 Å². The number of nitrogens with one attached hydrogen (secondary N) is 1. The molecule has 1 aliphatic heterocycles. The Morgan fingerprint density at radius 1 is 1.41 bits per heavy atom. The minimum absolute atomic E-state index is 0.0177. The molecule has 2 aromatic heterocycles. The molecule has 27 heavy (non-hydrogen) atoms. The first kappa shape index (κ1) is 18.9. The van der Waals surface area contributed by atoms with Gasteiger partial charge >= 0.3 is 0 Å². The molecule has 0 saturated carbocycles. The summed E-state index contributed by atoms with van der Waals surface area (Å²) in [6.45, 7) is 3.19. The number of nitriles is 1. The molecule has 0 spiro atoms. The predicted molar refractivity (Wildman–Crippen MR) is 91.9 cm³/mol. The maximum atomic E-state index is 12.5. The Kier molecular flexibility index (Phi) is 4.95. The van der Waals surface area contributed by atoms with Crippen LogP contribution in [0.25, 0.3) is 0 Å². The SMILES string of the molecule is Cc1nc(NC(=O)C(C#N)C(O)c2cnoc2C)nc2c1CS(=O)(=O)CC2. The lowest BCUT2D eigenvalue weighted by atomic mass is 9.97. The molecule has 2 atom stereocenters. The van der Waals surface area contributed by atoms with Gasteiger partial charge in [-0.1, -0.05) is 5.16 Å². The molecule has 0 radical (unpaired) electrons. The van der Waals surface area contributed by atoms with E-state index in [0.717, 1.165) is 0 Å². The minimum atomic E-state index is -3.17. The van der Waals surface area contributed by atoms with Gasteiger partial charge in [-0.05, 0) is 13.8 Å². The molecule has 10 nitrogen and oxygen atoms in total. The summed E-state index contributed by atoms with van der Waals surface area (Å²) in [4.78, 5) is 20.8. The second-order valence-electron chi connectivity index (χ2n) is 6.28. The third-order valence-electron chi connectivity index (χ3n) is 4.39. The van der Waals surface area contributed by atoms with Crippen LogP contribution in [-0.4, -0.2) is 40.3 Å². The molecule has 142 valence electrons. The van der Waals surface area contributed by atoms with Crippen LogP contribution in [0.2, 0.25) is 0 Å². The van der Waals surface area contributed by atoms with Gasteiger partial charge in [-0.2, -0.15) is 5.26 Å². The number of aryl methyl sites for hydroxylation is 3. The summed E-state index contributed by atoms with van der Waals surface area (Å²) in [5.41, 5.74) is 1.78. The smallest absolute Gasteiger partial charge is 0.247 e. The van der Waals surface area contributed by atoms with Crippen molar-refractivity contribution >= 4 is 21.7 Å². The number of amides is 1. The Morgan fingerprint density at radius 2 is 2.15 bits per heavy atom. The number of hydrogen-bond acceptors (Lipinski definition) is 9. The van der Waals surface area contributed by atoms with Crippen molar-refractivity contribution in [1.82, 2.24) is 15.1 Å². The van der Waals surface area contributed by atoms with Gasteiger partial charge in [0.2, 0.25) is 11.9 Å². The average Bonchev–Trinajstić information content (AvgIpc) is 3.02. The highest BCUT2D eigenvalue weighted by molar-refractivity contribution is 7.90. The summed E-state index contributed by atoms with van der Waals surface area (Å²) < 4.78 is 28.4. The fourth-order valence-corrected chi connectivity index (χ4v) is 4.34. The van der Waals surface area contributed by atoms with E-state index in [9.17, 15) is 23.6 Å². The van der Waals surface area contributed by atoms with Gasteiger partial charge in [0.1, 0.15) is 11.9 Å². The Bertz CT molecular complexity index is 1040. The zero-order chi connectivity index (χ0) is 19.8. The normalized spacial score (nSPS) is 17.4. The summed E-state index contributed by atoms with van der Waals surface area (Å²) in [5.74, 6) is -2.09. The Labute approximate surface area is 155 Å². The lowest BCUT2D eigenvalue weighted by molar-refractivity contribution is -0.121. The topological polar surface area (TPSA) is 159 Å². The fraction of sp³-hybridized carbons (Fsp3) is 0.438. The molecule has 0 bridgehead atoms. The van der Waals surface area contributed by atoms with Gasteiger partial charge < -0.3 is 9.63 Å². The number of aliphatic hydroxyl groups excluding tert-OH is 1. The molecule has 11 heteroatoms. The van der Waals surface area contributed by atoms with Crippen molar-refractivity contribution in [3.63, 3.8) is 0 Å². The molecule has 1 amide bonds. The molecule has 2 unspecified atom stereocenters. The number of aliphatic hydroxyl groups is 1. The number of carbonyl (C=O) groups excluding carboxylic acids is 1. The van der Waals surface area contributed by atoms with Crippen molar-refractivity contribution in [2.75, 3.05) is 11.1 Å². The van der Waals surface area contributed by atoms with Crippen LogP contribution in [0.5, 0.6) is 0 Å². The van der Waals surface area contributed by atoms with Crippen LogP contribution in [0, 0.1) is 31.1 Å². The highest BCUT2D eigenvalue weighted by Crippen LogP contribution is 2.26. The molecular weight excluding hydrogens is 374 g/mol. The zero-order valence-electron chi connectivity index (χ0n) is 14.6. The molecule has 2 aromatic rings. The van der Waals surface area contributed by atoms with E-state index in [-0.39, 0.29) is 29.4 Å². The number of hydrogen-bond donors (Lipinski definition) is 2. The molecule has 3 rings (SSSR count). The number of nitrogens with zero attached hydrogens (tertiary/aromatic N) is 4. The second kappa shape index (κ2) is 7.05. The van der Waals surface area contributed by atoms with Crippen molar-refractivity contribution < 1.29 is 22.8 Å². The predicted octanol–water partition coefficient (Wildman–Crippen LogP) is 0.364. The standard InChI is InChI=1S/C16H17N5O5S/c1-8-12-7-27(24,25)4-3-13(12)20-16(19-8)21-15(23)10(5-17)14(22)11-6-18-26-9(11)2/h6,10,14,22H,3-4,7H2,1-2H3,(H,19,20,21,23).